The van der Waals surface area contributed by atoms with Gasteiger partial charge < -0.3 is 15.4 Å². The molecule has 0 saturated carbocycles. The van der Waals surface area contributed by atoms with Crippen LogP contribution in [0.4, 0.5) is 11.6 Å². The van der Waals surface area contributed by atoms with E-state index in [2.05, 4.69) is 15.0 Å². The van der Waals surface area contributed by atoms with E-state index in [0.29, 0.717) is 24.3 Å². The molecule has 3 heterocycles. The Morgan fingerprint density at radius 3 is 2.76 bits per heavy atom. The van der Waals surface area contributed by atoms with Crippen molar-refractivity contribution in [1.29, 1.82) is 0 Å². The number of pyridine rings is 1. The number of nitrogens with two attached hydrogens (primary N) is 1. The predicted molar refractivity (Wildman–Crippen MR) is 82.5 cm³/mol. The van der Waals surface area contributed by atoms with Crippen LogP contribution >= 0.6 is 0 Å². The highest BCUT2D eigenvalue weighted by Crippen LogP contribution is 2.26. The lowest BCUT2D eigenvalue weighted by Crippen LogP contribution is -2.35. The molecule has 2 aromatic rings. The summed E-state index contributed by atoms with van der Waals surface area (Å²) >= 11 is 0. The number of ether oxygens (including phenoxy) is 1. The smallest absolute Gasteiger partial charge is 0.215 e. The Labute approximate surface area is 124 Å². The monoisotopic (exact) mass is 287 g/mol. The molecule has 1 saturated heterocycles. The summed E-state index contributed by atoms with van der Waals surface area (Å²) in [6, 6.07) is 8.20. The summed E-state index contributed by atoms with van der Waals surface area (Å²) in [5, 5.41) is 4.31. The second-order valence-electron chi connectivity index (χ2n) is 5.21. The molecule has 0 aliphatic carbocycles. The van der Waals surface area contributed by atoms with E-state index in [0.717, 1.165) is 31.7 Å². The largest absolute Gasteiger partial charge is 0.478 e. The Balaban J connectivity index is 1.64. The number of aromatic nitrogens is 3. The lowest BCUT2D eigenvalue weighted by molar-refractivity contribution is 0.325. The first-order chi connectivity index (χ1) is 10.3. The van der Waals surface area contributed by atoms with E-state index in [1.807, 2.05) is 42.1 Å². The summed E-state index contributed by atoms with van der Waals surface area (Å²) in [6.45, 7) is 4.54. The molecule has 21 heavy (non-hydrogen) atoms. The maximum Gasteiger partial charge on any atom is 0.215 e. The topological polar surface area (TPSA) is 69.2 Å². The summed E-state index contributed by atoms with van der Waals surface area (Å²) < 4.78 is 7.45. The third kappa shape index (κ3) is 3.09. The van der Waals surface area contributed by atoms with Gasteiger partial charge in [-0.05, 0) is 31.9 Å². The van der Waals surface area contributed by atoms with Crippen LogP contribution in [0.1, 0.15) is 25.8 Å². The molecule has 2 aromatic heterocycles. The second-order valence-corrected chi connectivity index (χ2v) is 5.21. The van der Waals surface area contributed by atoms with E-state index < -0.39 is 0 Å². The molecule has 0 amide bonds. The van der Waals surface area contributed by atoms with Crippen LogP contribution in [0.5, 0.6) is 5.88 Å². The zero-order chi connectivity index (χ0) is 14.7. The quantitative estimate of drug-likeness (QED) is 0.932. The molecule has 6 nitrogen and oxygen atoms in total. The minimum atomic E-state index is 0.425. The summed E-state index contributed by atoms with van der Waals surface area (Å²) in [5.41, 5.74) is 5.68. The fourth-order valence-electron chi connectivity index (χ4n) is 2.72. The van der Waals surface area contributed by atoms with Gasteiger partial charge in [0.1, 0.15) is 11.6 Å². The summed E-state index contributed by atoms with van der Waals surface area (Å²) in [4.78, 5) is 6.85. The number of anilines is 2. The molecule has 0 spiro atoms. The van der Waals surface area contributed by atoms with Gasteiger partial charge in [0.05, 0.1) is 12.6 Å². The molecule has 3 rings (SSSR count). The average molecular weight is 287 g/mol. The maximum atomic E-state index is 5.68. The van der Waals surface area contributed by atoms with Gasteiger partial charge in [0, 0.05) is 25.4 Å². The molecule has 0 radical (unpaired) electrons. The molecule has 0 atom stereocenters. The lowest BCUT2D eigenvalue weighted by atomic mass is 10.1. The Hall–Kier alpha value is -2.24. The maximum absolute atomic E-state index is 5.68. The first-order valence-corrected chi connectivity index (χ1v) is 7.41. The van der Waals surface area contributed by atoms with Crippen LogP contribution in [0, 0.1) is 0 Å². The van der Waals surface area contributed by atoms with Gasteiger partial charge in [-0.3, -0.25) is 4.68 Å². The number of piperidine rings is 1. The van der Waals surface area contributed by atoms with Gasteiger partial charge >= 0.3 is 0 Å². The summed E-state index contributed by atoms with van der Waals surface area (Å²) in [7, 11) is 0. The molecule has 2 N–H and O–H groups in total. The highest BCUT2D eigenvalue weighted by Gasteiger charge is 2.22. The number of rotatable bonds is 4. The van der Waals surface area contributed by atoms with Crippen LogP contribution in [-0.4, -0.2) is 34.5 Å². The number of nitrogens with zero attached hydrogens (tertiary/aromatic N) is 4. The van der Waals surface area contributed by atoms with Gasteiger partial charge in [0.15, 0.2) is 0 Å². The fraction of sp³-hybridized carbons (Fsp3) is 0.467. The Morgan fingerprint density at radius 1 is 1.29 bits per heavy atom. The van der Waals surface area contributed by atoms with Crippen molar-refractivity contribution in [3.8, 4) is 5.88 Å². The van der Waals surface area contributed by atoms with Gasteiger partial charge in [-0.25, -0.2) is 0 Å². The van der Waals surface area contributed by atoms with Gasteiger partial charge in [0.2, 0.25) is 5.88 Å². The third-order valence-corrected chi connectivity index (χ3v) is 3.79. The Bertz CT molecular complexity index is 589. The Morgan fingerprint density at radius 2 is 2.10 bits per heavy atom. The molecule has 112 valence electrons. The molecule has 0 aromatic carbocycles. The normalized spacial score (nSPS) is 16.1. The number of hydrogen-bond donors (Lipinski definition) is 1. The van der Waals surface area contributed by atoms with Crippen LogP contribution in [0.2, 0.25) is 0 Å². The van der Waals surface area contributed by atoms with Crippen LogP contribution in [0.25, 0.3) is 0 Å². The van der Waals surface area contributed by atoms with Crippen molar-refractivity contribution in [3.05, 3.63) is 30.5 Å². The van der Waals surface area contributed by atoms with Crippen LogP contribution in [0.15, 0.2) is 30.5 Å². The summed E-state index contributed by atoms with van der Waals surface area (Å²) in [5.74, 6) is 2.26. The van der Waals surface area contributed by atoms with Crippen LogP contribution in [-0.2, 0) is 0 Å². The highest BCUT2D eigenvalue weighted by molar-refractivity contribution is 5.41. The van der Waals surface area contributed by atoms with Gasteiger partial charge in [-0.15, -0.1) is 0 Å². The molecule has 0 bridgehead atoms. The van der Waals surface area contributed by atoms with E-state index >= 15 is 0 Å². The Kier molecular flexibility index (Phi) is 3.94. The van der Waals surface area contributed by atoms with Gasteiger partial charge in [0.25, 0.3) is 0 Å². The third-order valence-electron chi connectivity index (χ3n) is 3.79. The van der Waals surface area contributed by atoms with Crippen molar-refractivity contribution < 1.29 is 4.74 Å². The van der Waals surface area contributed by atoms with E-state index in [9.17, 15) is 0 Å². The first kappa shape index (κ1) is 13.7. The van der Waals surface area contributed by atoms with Gasteiger partial charge in [-0.2, -0.15) is 10.1 Å². The molecule has 0 unspecified atom stereocenters. The standard InChI is InChI=1S/C15H21N5O/c1-2-21-15-5-3-4-14(17-15)19-9-6-12(7-10-19)20-11-8-13(16)18-20/h3-5,8,11-12H,2,6-7,9-10H2,1H3,(H2,16,18). The molecular formula is C15H21N5O. The molecule has 1 aliphatic heterocycles. The van der Waals surface area contributed by atoms with E-state index in [1.54, 1.807) is 0 Å². The molecule has 6 heteroatoms. The van der Waals surface area contributed by atoms with Crippen molar-refractivity contribution in [3.63, 3.8) is 0 Å². The van der Waals surface area contributed by atoms with Crippen molar-refractivity contribution >= 4 is 11.6 Å². The minimum Gasteiger partial charge on any atom is -0.478 e. The van der Waals surface area contributed by atoms with Gasteiger partial charge in [-0.1, -0.05) is 6.07 Å². The minimum absolute atomic E-state index is 0.425. The first-order valence-electron chi connectivity index (χ1n) is 7.41. The number of hydrogen-bond acceptors (Lipinski definition) is 5. The van der Waals surface area contributed by atoms with E-state index in [-0.39, 0.29) is 0 Å². The van der Waals surface area contributed by atoms with Crippen LogP contribution in [0.3, 0.4) is 0 Å². The fourth-order valence-corrected chi connectivity index (χ4v) is 2.72. The van der Waals surface area contributed by atoms with Crippen molar-refractivity contribution in [2.24, 2.45) is 0 Å². The second kappa shape index (κ2) is 6.03. The predicted octanol–water partition coefficient (Wildman–Crippen LogP) is 2.10. The molecule has 1 aliphatic rings. The average Bonchev–Trinajstić information content (AvgIpc) is 2.95. The van der Waals surface area contributed by atoms with Crippen molar-refractivity contribution in [1.82, 2.24) is 14.8 Å². The van der Waals surface area contributed by atoms with Crippen molar-refractivity contribution in [2.75, 3.05) is 30.3 Å². The zero-order valence-electron chi connectivity index (χ0n) is 12.3. The number of nitrogen functional groups attached to an aromatic ring is 1. The zero-order valence-corrected chi connectivity index (χ0v) is 12.3. The lowest BCUT2D eigenvalue weighted by Gasteiger charge is -2.32. The SMILES string of the molecule is CCOc1cccc(N2CCC(n3ccc(N)n3)CC2)n1. The van der Waals surface area contributed by atoms with Crippen LogP contribution < -0.4 is 15.4 Å². The highest BCUT2D eigenvalue weighted by atomic mass is 16.5. The van der Waals surface area contributed by atoms with Crippen molar-refractivity contribution in [2.45, 2.75) is 25.8 Å². The molecule has 1 fully saturated rings. The van der Waals surface area contributed by atoms with E-state index in [1.165, 1.54) is 0 Å². The summed E-state index contributed by atoms with van der Waals surface area (Å²) in [6.07, 6.45) is 4.05. The van der Waals surface area contributed by atoms with E-state index in [4.69, 9.17) is 10.5 Å². The molecular weight excluding hydrogens is 266 g/mol.